The number of fused-ring (bicyclic) bond motifs is 4. The highest BCUT2D eigenvalue weighted by Crippen LogP contribution is 2.27. The first-order valence-electron chi connectivity index (χ1n) is 15.5. The summed E-state index contributed by atoms with van der Waals surface area (Å²) in [6.45, 7) is 12.3. The second-order valence-corrected chi connectivity index (χ2v) is 11.4. The number of nitrogens with one attached hydrogen (secondary N) is 3. The number of pyridine rings is 1. The van der Waals surface area contributed by atoms with Crippen LogP contribution in [0.4, 0.5) is 17.1 Å². The third-order valence-corrected chi connectivity index (χ3v) is 7.66. The number of ether oxygens (including phenoxy) is 1. The molecule has 1 aromatic heterocycles. The maximum absolute atomic E-state index is 9.76. The maximum Gasteiger partial charge on any atom is 0.293 e. The summed E-state index contributed by atoms with van der Waals surface area (Å²) in [6.07, 6.45) is 11.4. The van der Waals surface area contributed by atoms with Crippen LogP contribution in [0.25, 0.3) is 0 Å². The summed E-state index contributed by atoms with van der Waals surface area (Å²) in [6, 6.07) is 18.7. The molecule has 240 valence electrons. The zero-order valence-corrected chi connectivity index (χ0v) is 27.7. The number of anilines is 3. The highest BCUT2D eigenvalue weighted by molar-refractivity contribution is 6.44. The van der Waals surface area contributed by atoms with E-state index in [-0.39, 0.29) is 6.17 Å². The third kappa shape index (κ3) is 12.4. The number of carbonyl (C=O) groups is 1. The van der Waals surface area contributed by atoms with Gasteiger partial charge in [-0.15, -0.1) is 6.58 Å². The fourth-order valence-electron chi connectivity index (χ4n) is 4.97. The average Bonchev–Trinajstić information content (AvgIpc) is 3.05. The van der Waals surface area contributed by atoms with E-state index in [4.69, 9.17) is 16.6 Å². The molecular formula is C36H47ClN6O2. The molecular weight excluding hydrogens is 584 g/mol. The van der Waals surface area contributed by atoms with Gasteiger partial charge in [-0.2, -0.15) is 0 Å². The number of hydrogen-bond acceptors (Lipinski definition) is 8. The Hall–Kier alpha value is -4.14. The summed E-state index contributed by atoms with van der Waals surface area (Å²) in [7, 11) is 2.20. The quantitative estimate of drug-likeness (QED) is 0.190. The van der Waals surface area contributed by atoms with Crippen molar-refractivity contribution in [3.05, 3.63) is 107 Å². The van der Waals surface area contributed by atoms with Gasteiger partial charge in [0, 0.05) is 23.6 Å². The molecule has 45 heavy (non-hydrogen) atoms. The number of allylic oxidation sites excluding steroid dienone is 2. The zero-order valence-electron chi connectivity index (χ0n) is 26.9. The number of aliphatic imine (C=N–C) groups is 1. The number of carbonyl (C=O) groups excluding carboxylic acids is 1. The second-order valence-electron chi connectivity index (χ2n) is 11.0. The van der Waals surface area contributed by atoms with E-state index in [2.05, 4.69) is 68.5 Å². The van der Waals surface area contributed by atoms with Crippen LogP contribution in [0, 0.1) is 0 Å². The molecule has 2 aromatic carbocycles. The number of piperidine rings is 1. The molecule has 3 N–H and O–H groups in total. The van der Waals surface area contributed by atoms with E-state index in [1.165, 1.54) is 29.7 Å². The molecule has 0 radical (unpaired) electrons. The Balaban J connectivity index is 0.000000356. The van der Waals surface area contributed by atoms with Gasteiger partial charge in [0.15, 0.2) is 0 Å². The van der Waals surface area contributed by atoms with E-state index in [0.29, 0.717) is 30.0 Å². The number of hydrogen-bond donors (Lipinski definition) is 3. The molecule has 9 heteroatoms. The predicted molar refractivity (Wildman–Crippen MR) is 189 cm³/mol. The summed E-state index contributed by atoms with van der Waals surface area (Å²) in [5.41, 5.74) is 6.67. The molecule has 1 unspecified atom stereocenters. The van der Waals surface area contributed by atoms with E-state index in [1.54, 1.807) is 6.08 Å². The van der Waals surface area contributed by atoms with Crippen molar-refractivity contribution in [1.29, 1.82) is 0 Å². The van der Waals surface area contributed by atoms with Gasteiger partial charge in [0.25, 0.3) is 6.47 Å². The van der Waals surface area contributed by atoms with Gasteiger partial charge in [-0.3, -0.25) is 9.78 Å². The highest BCUT2D eigenvalue weighted by Gasteiger charge is 2.18. The Bertz CT molecular complexity index is 1400. The largest absolute Gasteiger partial charge is 0.463 e. The molecule has 5 rings (SSSR count). The molecule has 1 saturated heterocycles. The van der Waals surface area contributed by atoms with Crippen molar-refractivity contribution in [1.82, 2.24) is 9.88 Å². The number of nitrogens with zero attached hydrogens (tertiary/aromatic N) is 3. The van der Waals surface area contributed by atoms with Crippen molar-refractivity contribution < 1.29 is 9.53 Å². The number of benzene rings is 2. The van der Waals surface area contributed by atoms with Crippen LogP contribution in [0.15, 0.2) is 95.7 Å². The van der Waals surface area contributed by atoms with Crippen LogP contribution in [0.2, 0.25) is 0 Å². The van der Waals surface area contributed by atoms with E-state index in [9.17, 15) is 4.79 Å². The lowest BCUT2D eigenvalue weighted by Crippen LogP contribution is -2.36. The number of aromatic nitrogens is 1. The smallest absolute Gasteiger partial charge is 0.293 e. The first-order chi connectivity index (χ1) is 21.8. The first kappa shape index (κ1) is 35.3. The van der Waals surface area contributed by atoms with Gasteiger partial charge in [0.2, 0.25) is 0 Å². The molecule has 3 heterocycles. The van der Waals surface area contributed by atoms with Gasteiger partial charge in [-0.25, -0.2) is 4.99 Å². The predicted octanol–water partition coefficient (Wildman–Crippen LogP) is 7.65. The fraction of sp³-hybridized carbons (Fsp3) is 0.361. The topological polar surface area (TPSA) is 90.9 Å². The fourth-order valence-corrected chi connectivity index (χ4v) is 5.07. The van der Waals surface area contributed by atoms with Crippen molar-refractivity contribution in [3.8, 4) is 0 Å². The number of halogens is 1. The molecule has 2 aliphatic rings. The summed E-state index contributed by atoms with van der Waals surface area (Å²) in [5.74, 6) is 0.652. The van der Waals surface area contributed by atoms with Gasteiger partial charge in [0.05, 0.1) is 16.9 Å². The van der Waals surface area contributed by atoms with Crippen molar-refractivity contribution in [2.24, 2.45) is 4.99 Å². The molecule has 4 bridgehead atoms. The molecule has 0 saturated carbocycles. The number of aryl methyl sites for hydroxylation is 2. The lowest BCUT2D eigenvalue weighted by Gasteiger charge is -2.31. The molecule has 2 aliphatic heterocycles. The van der Waals surface area contributed by atoms with Crippen molar-refractivity contribution >= 4 is 41.0 Å². The first-order valence-corrected chi connectivity index (χ1v) is 15.8. The molecule has 0 amide bonds. The number of amidine groups is 1. The molecule has 1 fully saturated rings. The van der Waals surface area contributed by atoms with Crippen molar-refractivity contribution in [3.63, 3.8) is 0 Å². The van der Waals surface area contributed by atoms with Gasteiger partial charge in [-0.1, -0.05) is 54.1 Å². The molecule has 1 atom stereocenters. The van der Waals surface area contributed by atoms with Crippen molar-refractivity contribution in [2.45, 2.75) is 65.3 Å². The van der Waals surface area contributed by atoms with Gasteiger partial charge in [0.1, 0.15) is 18.6 Å². The van der Waals surface area contributed by atoms with E-state index >= 15 is 0 Å². The summed E-state index contributed by atoms with van der Waals surface area (Å²) in [4.78, 5) is 21.4. The number of likely N-dealkylation sites (tertiary alicyclic amines) is 1. The van der Waals surface area contributed by atoms with Crippen LogP contribution in [-0.4, -0.2) is 54.5 Å². The Kier molecular flexibility index (Phi) is 15.1. The lowest BCUT2D eigenvalue weighted by molar-refractivity contribution is -0.129. The second kappa shape index (κ2) is 19.3. The maximum atomic E-state index is 9.76. The third-order valence-electron chi connectivity index (χ3n) is 7.26. The van der Waals surface area contributed by atoms with Crippen molar-refractivity contribution in [2.75, 3.05) is 36.1 Å². The standard InChI is InChI=1S/C25H33ClN6.C8H8O2.C3H6/c1-4-23(26)25-29-17(2)28-22-13-18(15-27-16-22)5-6-19-14-21(31-25)7-8-24(19)30-20-9-11-32(3)12-10-20;9-7-10-6-8-4-2-1-3-5-8;1-3-2/h4,7-8,13-17,20,28,30H,5-6,9-12H2,1-3H3,(H,29,31);1-5,7H,6H2;3H,1H2,2H3/b23-4+;;. The molecule has 0 aliphatic carbocycles. The highest BCUT2D eigenvalue weighted by atomic mass is 35.5. The number of rotatable bonds is 6. The lowest BCUT2D eigenvalue weighted by atomic mass is 10.0. The van der Waals surface area contributed by atoms with Gasteiger partial charge >= 0.3 is 0 Å². The van der Waals surface area contributed by atoms with Crippen LogP contribution >= 0.6 is 11.6 Å². The van der Waals surface area contributed by atoms with E-state index in [0.717, 1.165) is 42.9 Å². The van der Waals surface area contributed by atoms with Crippen LogP contribution in [-0.2, 0) is 29.0 Å². The minimum Gasteiger partial charge on any atom is -0.463 e. The van der Waals surface area contributed by atoms with E-state index in [1.807, 2.05) is 69.6 Å². The Labute approximate surface area is 273 Å². The monoisotopic (exact) mass is 630 g/mol. The molecule has 8 nitrogen and oxygen atoms in total. The van der Waals surface area contributed by atoms with E-state index < -0.39 is 0 Å². The van der Waals surface area contributed by atoms with Crippen LogP contribution in [0.5, 0.6) is 0 Å². The zero-order chi connectivity index (χ0) is 32.4. The minimum atomic E-state index is -0.158. The SMILES string of the molecule is C/C=C(Cl)\C1=N/C(C)Nc2cncc(c2)CCc2cc(ccc2NC2CCN(C)CC2)N1.C=CC.O=COCc1ccccc1. The minimum absolute atomic E-state index is 0.158. The van der Waals surface area contributed by atoms with Gasteiger partial charge in [-0.05, 0) is 108 Å². The van der Waals surface area contributed by atoms with Crippen LogP contribution in [0.1, 0.15) is 50.3 Å². The molecule has 0 spiro atoms. The average molecular weight is 631 g/mol. The van der Waals surface area contributed by atoms with Crippen LogP contribution < -0.4 is 16.0 Å². The van der Waals surface area contributed by atoms with Crippen LogP contribution in [0.3, 0.4) is 0 Å². The summed E-state index contributed by atoms with van der Waals surface area (Å²) >= 11 is 6.50. The Morgan fingerprint density at radius 3 is 2.51 bits per heavy atom. The summed E-state index contributed by atoms with van der Waals surface area (Å²) in [5, 5.41) is 11.3. The molecule has 3 aromatic rings. The Morgan fingerprint density at radius 2 is 1.82 bits per heavy atom. The Morgan fingerprint density at radius 1 is 1.09 bits per heavy atom. The summed E-state index contributed by atoms with van der Waals surface area (Å²) < 4.78 is 4.54. The van der Waals surface area contributed by atoms with Gasteiger partial charge < -0.3 is 25.6 Å². The normalized spacial score (nSPS) is 18.1.